The van der Waals surface area contributed by atoms with Gasteiger partial charge < -0.3 is 15.2 Å². The van der Waals surface area contributed by atoms with Gasteiger partial charge in [-0.15, -0.1) is 10.2 Å². The summed E-state index contributed by atoms with van der Waals surface area (Å²) in [6.45, 7) is 5.66. The molecule has 1 aromatic rings. The highest BCUT2D eigenvalue weighted by atomic mass is 19.4. The predicted octanol–water partition coefficient (Wildman–Crippen LogP) is 0.990. The molecule has 0 aliphatic carbocycles. The third kappa shape index (κ3) is 5.66. The zero-order valence-electron chi connectivity index (χ0n) is 14.0. The molecule has 0 aromatic carbocycles. The zero-order valence-corrected chi connectivity index (χ0v) is 14.0. The van der Waals surface area contributed by atoms with Crippen LogP contribution in [0.25, 0.3) is 0 Å². The fourth-order valence-corrected chi connectivity index (χ4v) is 2.68. The van der Waals surface area contributed by atoms with Crippen LogP contribution in [0.15, 0.2) is 11.3 Å². The number of hydrogen-bond donors (Lipinski definition) is 2. The van der Waals surface area contributed by atoms with E-state index in [-0.39, 0.29) is 6.04 Å². The molecule has 1 fully saturated rings. The Morgan fingerprint density at radius 3 is 2.88 bits per heavy atom. The van der Waals surface area contributed by atoms with Gasteiger partial charge in [-0.1, -0.05) is 0 Å². The molecule has 0 saturated carbocycles. The van der Waals surface area contributed by atoms with Crippen molar-refractivity contribution in [3.8, 4) is 0 Å². The van der Waals surface area contributed by atoms with Crippen LogP contribution in [-0.4, -0.2) is 64.0 Å². The zero-order chi connectivity index (χ0) is 17.6. The number of aliphatic imine (C=N–C) groups is 1. The molecular formula is C14H24F3N7. The van der Waals surface area contributed by atoms with E-state index in [0.717, 1.165) is 12.4 Å². The first kappa shape index (κ1) is 18.5. The number of guanidine groups is 1. The molecule has 2 N–H and O–H groups in total. The number of aromatic nitrogens is 3. The Labute approximate surface area is 139 Å². The van der Waals surface area contributed by atoms with E-state index in [1.165, 1.54) is 4.90 Å². The molecule has 1 unspecified atom stereocenters. The molecule has 1 aromatic heterocycles. The van der Waals surface area contributed by atoms with E-state index in [2.05, 4.69) is 25.8 Å². The molecule has 10 heteroatoms. The van der Waals surface area contributed by atoms with Crippen LogP contribution in [0.1, 0.15) is 26.1 Å². The summed E-state index contributed by atoms with van der Waals surface area (Å²) in [5, 5.41) is 14.2. The molecule has 1 atom stereocenters. The lowest BCUT2D eigenvalue weighted by Crippen LogP contribution is -2.45. The van der Waals surface area contributed by atoms with Gasteiger partial charge in [-0.25, -0.2) is 4.99 Å². The molecule has 0 bridgehead atoms. The van der Waals surface area contributed by atoms with Crippen molar-refractivity contribution in [1.29, 1.82) is 0 Å². The Balaban J connectivity index is 1.90. The van der Waals surface area contributed by atoms with Crippen molar-refractivity contribution in [3.05, 3.63) is 12.2 Å². The first-order chi connectivity index (χ1) is 11.4. The van der Waals surface area contributed by atoms with Crippen molar-refractivity contribution >= 4 is 5.96 Å². The number of halogens is 3. The van der Waals surface area contributed by atoms with Crippen LogP contribution >= 0.6 is 0 Å². The van der Waals surface area contributed by atoms with E-state index in [4.69, 9.17) is 0 Å². The molecular weight excluding hydrogens is 323 g/mol. The van der Waals surface area contributed by atoms with Crippen LogP contribution in [0.3, 0.4) is 0 Å². The molecule has 1 aliphatic rings. The lowest BCUT2D eigenvalue weighted by atomic mass is 10.3. The van der Waals surface area contributed by atoms with Crippen molar-refractivity contribution in [1.82, 2.24) is 30.3 Å². The molecule has 2 rings (SSSR count). The van der Waals surface area contributed by atoms with Crippen LogP contribution in [-0.2, 0) is 13.1 Å². The summed E-state index contributed by atoms with van der Waals surface area (Å²) in [6.07, 6.45) is -1.85. The van der Waals surface area contributed by atoms with E-state index >= 15 is 0 Å². The van der Waals surface area contributed by atoms with Crippen LogP contribution < -0.4 is 10.6 Å². The fraction of sp³-hybridized carbons (Fsp3) is 0.786. The minimum absolute atomic E-state index is 0.0470. The van der Waals surface area contributed by atoms with Crippen molar-refractivity contribution in [2.75, 3.05) is 26.2 Å². The van der Waals surface area contributed by atoms with Crippen LogP contribution in [0, 0.1) is 0 Å². The van der Waals surface area contributed by atoms with Gasteiger partial charge in [0.1, 0.15) is 12.9 Å². The van der Waals surface area contributed by atoms with Crippen molar-refractivity contribution in [2.24, 2.45) is 4.99 Å². The maximum atomic E-state index is 12.5. The molecule has 0 spiro atoms. The summed E-state index contributed by atoms with van der Waals surface area (Å²) in [4.78, 5) is 5.87. The highest BCUT2D eigenvalue weighted by molar-refractivity contribution is 5.80. The third-order valence-electron chi connectivity index (χ3n) is 3.78. The van der Waals surface area contributed by atoms with E-state index in [1.54, 1.807) is 6.33 Å². The first-order valence-corrected chi connectivity index (χ1v) is 8.12. The van der Waals surface area contributed by atoms with Gasteiger partial charge >= 0.3 is 6.18 Å². The smallest absolute Gasteiger partial charge is 0.357 e. The quantitative estimate of drug-likeness (QED) is 0.593. The largest absolute Gasteiger partial charge is 0.401 e. The molecule has 1 aliphatic heterocycles. The molecule has 24 heavy (non-hydrogen) atoms. The van der Waals surface area contributed by atoms with E-state index < -0.39 is 12.7 Å². The summed E-state index contributed by atoms with van der Waals surface area (Å²) in [5.41, 5.74) is 0. The number of likely N-dealkylation sites (tertiary alicyclic amines) is 1. The van der Waals surface area contributed by atoms with E-state index in [0.29, 0.717) is 38.6 Å². The summed E-state index contributed by atoms with van der Waals surface area (Å²) in [5.74, 6) is 1.34. The second-order valence-corrected chi connectivity index (χ2v) is 5.71. The number of hydrogen-bond acceptors (Lipinski definition) is 4. The second kappa shape index (κ2) is 8.32. The number of nitrogens with one attached hydrogen (secondary N) is 2. The lowest BCUT2D eigenvalue weighted by molar-refractivity contribution is -0.143. The van der Waals surface area contributed by atoms with Crippen molar-refractivity contribution in [2.45, 2.75) is 45.6 Å². The SMILES string of the molecule is CCNC(=NCc1nncn1CC)NC1CCN(CC(F)(F)F)C1. The summed E-state index contributed by atoms with van der Waals surface area (Å²) in [6, 6.07) is -0.0470. The highest BCUT2D eigenvalue weighted by Gasteiger charge is 2.34. The van der Waals surface area contributed by atoms with Crippen molar-refractivity contribution in [3.63, 3.8) is 0 Å². The Morgan fingerprint density at radius 1 is 1.42 bits per heavy atom. The average Bonchev–Trinajstić information content (AvgIpc) is 3.12. The standard InChI is InChI=1S/C14H24F3N7/c1-3-18-13(19-7-12-22-20-10-24(12)4-2)21-11-5-6-23(8-11)9-14(15,16)17/h10-11H,3-9H2,1-2H3,(H2,18,19,21). The normalized spacial score (nSPS) is 19.7. The van der Waals surface area contributed by atoms with Crippen LogP contribution in [0.2, 0.25) is 0 Å². The van der Waals surface area contributed by atoms with E-state index in [9.17, 15) is 13.2 Å². The van der Waals surface area contributed by atoms with Gasteiger partial charge in [0.25, 0.3) is 0 Å². The van der Waals surface area contributed by atoms with Gasteiger partial charge in [0.2, 0.25) is 0 Å². The minimum atomic E-state index is -4.16. The average molecular weight is 347 g/mol. The molecule has 2 heterocycles. The lowest BCUT2D eigenvalue weighted by Gasteiger charge is -2.19. The second-order valence-electron chi connectivity index (χ2n) is 5.71. The maximum Gasteiger partial charge on any atom is 0.401 e. The highest BCUT2D eigenvalue weighted by Crippen LogP contribution is 2.19. The van der Waals surface area contributed by atoms with Gasteiger partial charge in [0, 0.05) is 32.2 Å². The minimum Gasteiger partial charge on any atom is -0.357 e. The Hall–Kier alpha value is -1.84. The van der Waals surface area contributed by atoms with E-state index in [1.807, 2.05) is 18.4 Å². The third-order valence-corrected chi connectivity index (χ3v) is 3.78. The van der Waals surface area contributed by atoms with Gasteiger partial charge in [0.15, 0.2) is 11.8 Å². The number of rotatable bonds is 6. The molecule has 7 nitrogen and oxygen atoms in total. The van der Waals surface area contributed by atoms with Gasteiger partial charge in [0.05, 0.1) is 6.54 Å². The van der Waals surface area contributed by atoms with Crippen LogP contribution in [0.5, 0.6) is 0 Å². The first-order valence-electron chi connectivity index (χ1n) is 8.12. The molecule has 0 amide bonds. The summed E-state index contributed by atoms with van der Waals surface area (Å²) >= 11 is 0. The van der Waals surface area contributed by atoms with Gasteiger partial charge in [-0.05, 0) is 20.3 Å². The number of alkyl halides is 3. The van der Waals surface area contributed by atoms with Gasteiger partial charge in [-0.3, -0.25) is 4.90 Å². The Kier molecular flexibility index (Phi) is 6.41. The predicted molar refractivity (Wildman–Crippen MR) is 84.5 cm³/mol. The summed E-state index contributed by atoms with van der Waals surface area (Å²) in [7, 11) is 0. The van der Waals surface area contributed by atoms with Crippen molar-refractivity contribution < 1.29 is 13.2 Å². The Morgan fingerprint density at radius 2 is 2.21 bits per heavy atom. The molecule has 1 saturated heterocycles. The molecule has 136 valence electrons. The van der Waals surface area contributed by atoms with Gasteiger partial charge in [-0.2, -0.15) is 13.2 Å². The summed E-state index contributed by atoms with van der Waals surface area (Å²) < 4.78 is 39.3. The Bertz CT molecular complexity index is 541. The molecule has 0 radical (unpaired) electrons. The van der Waals surface area contributed by atoms with Crippen LogP contribution in [0.4, 0.5) is 13.2 Å². The number of nitrogens with zero attached hydrogens (tertiary/aromatic N) is 5. The topological polar surface area (TPSA) is 70.4 Å². The monoisotopic (exact) mass is 347 g/mol. The maximum absolute atomic E-state index is 12.5. The number of aryl methyl sites for hydroxylation is 1. The fourth-order valence-electron chi connectivity index (χ4n) is 2.68.